The van der Waals surface area contributed by atoms with Crippen molar-refractivity contribution in [2.24, 2.45) is 0 Å². The van der Waals surface area contributed by atoms with Crippen LogP contribution in [0.2, 0.25) is 0 Å². The summed E-state index contributed by atoms with van der Waals surface area (Å²) in [6, 6.07) is 19.4. The fourth-order valence-corrected chi connectivity index (χ4v) is 3.20. The number of anilines is 1. The second kappa shape index (κ2) is 9.08. The zero-order chi connectivity index (χ0) is 21.6. The van der Waals surface area contributed by atoms with Crippen LogP contribution < -0.4 is 20.9 Å². The third kappa shape index (κ3) is 4.69. The maximum atomic E-state index is 12.9. The SMILES string of the molecule is COc1ccc(NC(=O)NCc2nn(Cc3ccccn3)c(=O)c3ccccc23)cc1. The van der Waals surface area contributed by atoms with Gasteiger partial charge in [0.15, 0.2) is 0 Å². The molecule has 2 aromatic heterocycles. The predicted octanol–water partition coefficient (Wildman–Crippen LogP) is 3.17. The molecule has 4 rings (SSSR count). The topological polar surface area (TPSA) is 98.1 Å². The number of pyridine rings is 1. The number of hydrogen-bond acceptors (Lipinski definition) is 5. The number of nitrogens with one attached hydrogen (secondary N) is 2. The average Bonchev–Trinajstić information content (AvgIpc) is 2.81. The summed E-state index contributed by atoms with van der Waals surface area (Å²) < 4.78 is 6.49. The maximum absolute atomic E-state index is 12.9. The average molecular weight is 415 g/mol. The van der Waals surface area contributed by atoms with E-state index >= 15 is 0 Å². The normalized spacial score (nSPS) is 10.6. The van der Waals surface area contributed by atoms with Gasteiger partial charge in [-0.15, -0.1) is 0 Å². The van der Waals surface area contributed by atoms with Crippen LogP contribution >= 0.6 is 0 Å². The Morgan fingerprint density at radius 1 is 1.00 bits per heavy atom. The molecule has 156 valence electrons. The molecule has 4 aromatic rings. The number of rotatable bonds is 6. The molecule has 2 aromatic carbocycles. The number of urea groups is 1. The second-order valence-corrected chi connectivity index (χ2v) is 6.81. The lowest BCUT2D eigenvalue weighted by molar-refractivity contribution is 0.251. The number of carbonyl (C=O) groups excluding carboxylic acids is 1. The first-order valence-corrected chi connectivity index (χ1v) is 9.71. The molecule has 0 radical (unpaired) electrons. The summed E-state index contributed by atoms with van der Waals surface area (Å²) in [5.41, 5.74) is 1.75. The quantitative estimate of drug-likeness (QED) is 0.504. The highest BCUT2D eigenvalue weighted by Crippen LogP contribution is 2.16. The molecule has 31 heavy (non-hydrogen) atoms. The van der Waals surface area contributed by atoms with Crippen LogP contribution in [-0.2, 0) is 13.1 Å². The Bertz CT molecular complexity index is 1250. The van der Waals surface area contributed by atoms with E-state index in [1.165, 1.54) is 4.68 Å². The summed E-state index contributed by atoms with van der Waals surface area (Å²) >= 11 is 0. The van der Waals surface area contributed by atoms with Gasteiger partial charge in [0.1, 0.15) is 5.75 Å². The van der Waals surface area contributed by atoms with Crippen molar-refractivity contribution in [2.75, 3.05) is 12.4 Å². The largest absolute Gasteiger partial charge is 0.497 e. The molecule has 0 bridgehead atoms. The lowest BCUT2D eigenvalue weighted by atomic mass is 10.1. The van der Waals surface area contributed by atoms with E-state index in [0.717, 1.165) is 5.69 Å². The maximum Gasteiger partial charge on any atom is 0.319 e. The highest BCUT2D eigenvalue weighted by Gasteiger charge is 2.12. The smallest absolute Gasteiger partial charge is 0.319 e. The number of carbonyl (C=O) groups is 1. The number of methoxy groups -OCH3 is 1. The number of ether oxygens (including phenoxy) is 1. The highest BCUT2D eigenvalue weighted by atomic mass is 16.5. The van der Waals surface area contributed by atoms with Crippen LogP contribution in [0.25, 0.3) is 10.8 Å². The first-order valence-electron chi connectivity index (χ1n) is 9.71. The number of hydrogen-bond donors (Lipinski definition) is 2. The first kappa shape index (κ1) is 20.1. The van der Waals surface area contributed by atoms with Gasteiger partial charge in [-0.25, -0.2) is 9.48 Å². The van der Waals surface area contributed by atoms with Crippen LogP contribution in [0.15, 0.2) is 77.7 Å². The number of amides is 2. The molecule has 0 aliphatic carbocycles. The molecule has 0 atom stereocenters. The second-order valence-electron chi connectivity index (χ2n) is 6.81. The van der Waals surface area contributed by atoms with Gasteiger partial charge in [0.25, 0.3) is 5.56 Å². The fraction of sp³-hybridized carbons (Fsp3) is 0.130. The fourth-order valence-electron chi connectivity index (χ4n) is 3.20. The van der Waals surface area contributed by atoms with Crippen molar-refractivity contribution in [3.63, 3.8) is 0 Å². The number of benzene rings is 2. The highest BCUT2D eigenvalue weighted by molar-refractivity contribution is 5.90. The zero-order valence-electron chi connectivity index (χ0n) is 16.9. The third-order valence-electron chi connectivity index (χ3n) is 4.75. The van der Waals surface area contributed by atoms with Crippen molar-refractivity contribution in [1.82, 2.24) is 20.1 Å². The number of nitrogens with zero attached hydrogens (tertiary/aromatic N) is 3. The Balaban J connectivity index is 1.55. The molecule has 8 heteroatoms. The van der Waals surface area contributed by atoms with Crippen LogP contribution in [0.1, 0.15) is 11.4 Å². The van der Waals surface area contributed by atoms with Gasteiger partial charge in [-0.2, -0.15) is 5.10 Å². The van der Waals surface area contributed by atoms with Gasteiger partial charge in [-0.1, -0.05) is 24.3 Å². The van der Waals surface area contributed by atoms with E-state index in [1.807, 2.05) is 36.4 Å². The van der Waals surface area contributed by atoms with E-state index in [0.29, 0.717) is 27.9 Å². The molecular weight excluding hydrogens is 394 g/mol. The van der Waals surface area contributed by atoms with Gasteiger partial charge >= 0.3 is 6.03 Å². The molecule has 2 heterocycles. The first-order chi connectivity index (χ1) is 15.1. The minimum atomic E-state index is -0.376. The van der Waals surface area contributed by atoms with Crippen molar-refractivity contribution >= 4 is 22.5 Å². The monoisotopic (exact) mass is 415 g/mol. The summed E-state index contributed by atoms with van der Waals surface area (Å²) in [7, 11) is 1.58. The molecular formula is C23H21N5O3. The number of fused-ring (bicyclic) bond motifs is 1. The molecule has 0 aliphatic rings. The van der Waals surface area contributed by atoms with Gasteiger partial charge in [-0.05, 0) is 42.5 Å². The van der Waals surface area contributed by atoms with Gasteiger partial charge in [0, 0.05) is 17.3 Å². The lowest BCUT2D eigenvalue weighted by Crippen LogP contribution is -2.31. The third-order valence-corrected chi connectivity index (χ3v) is 4.75. The van der Waals surface area contributed by atoms with E-state index in [1.54, 1.807) is 43.6 Å². The van der Waals surface area contributed by atoms with Gasteiger partial charge in [-0.3, -0.25) is 9.78 Å². The Morgan fingerprint density at radius 3 is 2.45 bits per heavy atom. The Hall–Kier alpha value is -4.20. The van der Waals surface area contributed by atoms with Gasteiger partial charge in [0.2, 0.25) is 0 Å². The minimum Gasteiger partial charge on any atom is -0.497 e. The minimum absolute atomic E-state index is 0.158. The van der Waals surface area contributed by atoms with E-state index < -0.39 is 0 Å². The van der Waals surface area contributed by atoms with Crippen LogP contribution in [0, 0.1) is 0 Å². The summed E-state index contributed by atoms with van der Waals surface area (Å²) in [6.07, 6.45) is 1.67. The molecule has 0 saturated heterocycles. The molecule has 0 saturated carbocycles. The number of aromatic nitrogens is 3. The summed E-state index contributed by atoms with van der Waals surface area (Å²) in [6.45, 7) is 0.403. The Kier molecular flexibility index (Phi) is 5.89. The van der Waals surface area contributed by atoms with E-state index in [2.05, 4.69) is 20.7 Å². The van der Waals surface area contributed by atoms with Crippen molar-refractivity contribution in [1.29, 1.82) is 0 Å². The zero-order valence-corrected chi connectivity index (χ0v) is 16.9. The molecule has 0 unspecified atom stereocenters. The Morgan fingerprint density at radius 2 is 1.74 bits per heavy atom. The van der Waals surface area contributed by atoms with Crippen molar-refractivity contribution in [3.8, 4) is 5.75 Å². The van der Waals surface area contributed by atoms with Gasteiger partial charge in [0.05, 0.1) is 37.0 Å². The van der Waals surface area contributed by atoms with Crippen molar-refractivity contribution in [3.05, 3.63) is 94.7 Å². The molecule has 0 spiro atoms. The van der Waals surface area contributed by atoms with Crippen molar-refractivity contribution in [2.45, 2.75) is 13.1 Å². The summed E-state index contributed by atoms with van der Waals surface area (Å²) in [5, 5.41) is 11.3. The molecule has 2 amide bonds. The van der Waals surface area contributed by atoms with Crippen LogP contribution in [0.3, 0.4) is 0 Å². The Labute approximate surface area is 178 Å². The molecule has 0 fully saturated rings. The van der Waals surface area contributed by atoms with E-state index in [9.17, 15) is 9.59 Å². The van der Waals surface area contributed by atoms with E-state index in [-0.39, 0.29) is 24.7 Å². The van der Waals surface area contributed by atoms with Crippen LogP contribution in [0.4, 0.5) is 10.5 Å². The molecule has 2 N–H and O–H groups in total. The van der Waals surface area contributed by atoms with Crippen LogP contribution in [-0.4, -0.2) is 27.9 Å². The molecule has 8 nitrogen and oxygen atoms in total. The van der Waals surface area contributed by atoms with Crippen LogP contribution in [0.5, 0.6) is 5.75 Å². The van der Waals surface area contributed by atoms with Gasteiger partial charge < -0.3 is 15.4 Å². The van der Waals surface area contributed by atoms with E-state index in [4.69, 9.17) is 4.74 Å². The van der Waals surface area contributed by atoms with Crippen molar-refractivity contribution < 1.29 is 9.53 Å². The summed E-state index contributed by atoms with van der Waals surface area (Å²) in [5.74, 6) is 0.705. The summed E-state index contributed by atoms with van der Waals surface area (Å²) in [4.78, 5) is 29.5. The standard InChI is InChI=1S/C23H21N5O3/c1-31-18-11-9-16(10-12-18)26-23(30)25-14-21-19-7-2-3-8-20(19)22(29)28(27-21)15-17-6-4-5-13-24-17/h2-13H,14-15H2,1H3,(H2,25,26,30). The predicted molar refractivity (Wildman–Crippen MR) is 118 cm³/mol. The molecule has 0 aliphatic heterocycles. The lowest BCUT2D eigenvalue weighted by Gasteiger charge is -2.12.